The number of pyridine rings is 1. The van der Waals surface area contributed by atoms with E-state index in [0.717, 1.165) is 24.3 Å². The SMILES string of the molecule is Cc1ccc(NCc2ccc[n+](Cc3ccccc3)c2)cc1O.[Cl-]. The highest BCUT2D eigenvalue weighted by Crippen LogP contribution is 2.21. The lowest BCUT2D eigenvalue weighted by atomic mass is 10.2. The van der Waals surface area contributed by atoms with Crippen LogP contribution in [0.5, 0.6) is 5.75 Å². The summed E-state index contributed by atoms with van der Waals surface area (Å²) in [7, 11) is 0. The van der Waals surface area contributed by atoms with Crippen LogP contribution in [0.3, 0.4) is 0 Å². The van der Waals surface area contributed by atoms with Crippen molar-refractivity contribution in [2.24, 2.45) is 0 Å². The topological polar surface area (TPSA) is 36.1 Å². The third-order valence-corrected chi connectivity index (χ3v) is 3.83. The first-order valence-corrected chi connectivity index (χ1v) is 7.76. The monoisotopic (exact) mass is 340 g/mol. The van der Waals surface area contributed by atoms with Crippen molar-refractivity contribution in [2.75, 3.05) is 5.32 Å². The highest BCUT2D eigenvalue weighted by Gasteiger charge is 2.05. The summed E-state index contributed by atoms with van der Waals surface area (Å²) in [4.78, 5) is 0. The van der Waals surface area contributed by atoms with Crippen LogP contribution in [0.2, 0.25) is 0 Å². The van der Waals surface area contributed by atoms with Crippen LogP contribution >= 0.6 is 0 Å². The molecule has 0 unspecified atom stereocenters. The van der Waals surface area contributed by atoms with E-state index in [2.05, 4.69) is 58.7 Å². The molecular formula is C20H21ClN2O. The molecule has 0 aliphatic carbocycles. The molecule has 0 bridgehead atoms. The number of benzene rings is 2. The third-order valence-electron chi connectivity index (χ3n) is 3.83. The molecule has 0 aliphatic heterocycles. The van der Waals surface area contributed by atoms with E-state index in [0.29, 0.717) is 5.75 Å². The van der Waals surface area contributed by atoms with E-state index in [1.165, 1.54) is 11.1 Å². The molecule has 3 nitrogen and oxygen atoms in total. The number of phenolic OH excluding ortho intramolecular Hbond substituents is 1. The zero-order valence-corrected chi connectivity index (χ0v) is 14.4. The number of hydrogen-bond donors (Lipinski definition) is 2. The average molecular weight is 341 g/mol. The van der Waals surface area contributed by atoms with E-state index in [1.54, 1.807) is 6.07 Å². The molecule has 2 aromatic carbocycles. The highest BCUT2D eigenvalue weighted by molar-refractivity contribution is 5.51. The van der Waals surface area contributed by atoms with Crippen LogP contribution in [0.1, 0.15) is 16.7 Å². The lowest BCUT2D eigenvalue weighted by Crippen LogP contribution is -3.00. The van der Waals surface area contributed by atoms with Gasteiger partial charge in [-0.05, 0) is 24.6 Å². The first-order valence-electron chi connectivity index (χ1n) is 7.76. The van der Waals surface area contributed by atoms with Crippen LogP contribution in [0.25, 0.3) is 0 Å². The van der Waals surface area contributed by atoms with Gasteiger partial charge in [0.25, 0.3) is 0 Å². The van der Waals surface area contributed by atoms with Crippen LogP contribution in [0, 0.1) is 6.92 Å². The zero-order chi connectivity index (χ0) is 16.1. The van der Waals surface area contributed by atoms with Crippen LogP contribution in [-0.4, -0.2) is 5.11 Å². The molecule has 0 amide bonds. The van der Waals surface area contributed by atoms with Crippen LogP contribution in [0.4, 0.5) is 5.69 Å². The number of aromatic nitrogens is 1. The van der Waals surface area contributed by atoms with Crippen molar-refractivity contribution < 1.29 is 22.1 Å². The molecule has 0 saturated heterocycles. The molecule has 0 aliphatic rings. The second-order valence-corrected chi connectivity index (χ2v) is 5.72. The molecule has 3 rings (SSSR count). The Labute approximate surface area is 149 Å². The van der Waals surface area contributed by atoms with E-state index >= 15 is 0 Å². The molecule has 3 aromatic rings. The second kappa shape index (κ2) is 8.37. The normalized spacial score (nSPS) is 10.0. The van der Waals surface area contributed by atoms with E-state index in [9.17, 15) is 5.11 Å². The number of hydrogen-bond acceptors (Lipinski definition) is 2. The Kier molecular flexibility index (Phi) is 6.21. The molecule has 0 fully saturated rings. The van der Waals surface area contributed by atoms with Gasteiger partial charge in [0.1, 0.15) is 5.75 Å². The molecule has 0 saturated carbocycles. The molecule has 24 heavy (non-hydrogen) atoms. The van der Waals surface area contributed by atoms with Gasteiger partial charge in [0.15, 0.2) is 18.9 Å². The van der Waals surface area contributed by atoms with Crippen LogP contribution < -0.4 is 22.3 Å². The Morgan fingerprint density at radius 1 is 0.958 bits per heavy atom. The predicted molar refractivity (Wildman–Crippen MR) is 92.4 cm³/mol. The molecule has 4 heteroatoms. The molecule has 0 spiro atoms. The van der Waals surface area contributed by atoms with Crippen LogP contribution in [-0.2, 0) is 13.1 Å². The highest BCUT2D eigenvalue weighted by atomic mass is 35.5. The Bertz CT molecular complexity index is 791. The van der Waals surface area contributed by atoms with E-state index in [1.807, 2.05) is 25.1 Å². The summed E-state index contributed by atoms with van der Waals surface area (Å²) >= 11 is 0. The standard InChI is InChI=1S/C20H20N2O.ClH/c1-16-9-10-19(12-20(16)23)21-13-18-8-5-11-22(15-18)14-17-6-3-2-4-7-17;/h2-12,15,21H,13-14H2,1H3;1H. The van der Waals surface area contributed by atoms with Gasteiger partial charge in [-0.25, -0.2) is 4.57 Å². The Hall–Kier alpha value is -2.52. The van der Waals surface area contributed by atoms with E-state index in [-0.39, 0.29) is 12.4 Å². The Morgan fingerprint density at radius 2 is 1.71 bits per heavy atom. The van der Waals surface area contributed by atoms with Gasteiger partial charge in [-0.2, -0.15) is 0 Å². The van der Waals surface area contributed by atoms with Gasteiger partial charge in [0, 0.05) is 35.5 Å². The number of nitrogens with one attached hydrogen (secondary N) is 1. The summed E-state index contributed by atoms with van der Waals surface area (Å²) in [5.41, 5.74) is 4.29. The van der Waals surface area contributed by atoms with Gasteiger partial charge in [0.05, 0.1) is 0 Å². The Morgan fingerprint density at radius 3 is 2.46 bits per heavy atom. The quantitative estimate of drug-likeness (QED) is 0.669. The smallest absolute Gasteiger partial charge is 0.174 e. The molecule has 1 aromatic heterocycles. The molecular weight excluding hydrogens is 320 g/mol. The van der Waals surface area contributed by atoms with Crippen molar-refractivity contribution in [3.05, 3.63) is 89.7 Å². The van der Waals surface area contributed by atoms with Gasteiger partial charge in [-0.3, -0.25) is 0 Å². The number of phenols is 1. The van der Waals surface area contributed by atoms with E-state index in [4.69, 9.17) is 0 Å². The summed E-state index contributed by atoms with van der Waals surface area (Å²) in [6, 6.07) is 20.2. The fourth-order valence-corrected chi connectivity index (χ4v) is 2.50. The average Bonchev–Trinajstić information content (AvgIpc) is 2.57. The minimum absolute atomic E-state index is 0. The van der Waals surface area contributed by atoms with Gasteiger partial charge < -0.3 is 22.8 Å². The number of halogens is 1. The van der Waals surface area contributed by atoms with Crippen molar-refractivity contribution >= 4 is 5.69 Å². The molecule has 124 valence electrons. The largest absolute Gasteiger partial charge is 1.00 e. The van der Waals surface area contributed by atoms with Crippen molar-refractivity contribution in [1.29, 1.82) is 0 Å². The maximum absolute atomic E-state index is 9.76. The van der Waals surface area contributed by atoms with Gasteiger partial charge in [-0.1, -0.05) is 36.4 Å². The summed E-state index contributed by atoms with van der Waals surface area (Å²) in [6.07, 6.45) is 4.22. The summed E-state index contributed by atoms with van der Waals surface area (Å²) in [5, 5.41) is 13.1. The summed E-state index contributed by atoms with van der Waals surface area (Å²) < 4.78 is 2.18. The molecule has 0 atom stereocenters. The minimum Gasteiger partial charge on any atom is -1.00 e. The lowest BCUT2D eigenvalue weighted by molar-refractivity contribution is -0.688. The molecule has 0 radical (unpaired) electrons. The van der Waals surface area contributed by atoms with E-state index < -0.39 is 0 Å². The summed E-state index contributed by atoms with van der Waals surface area (Å²) in [5.74, 6) is 0.321. The predicted octanol–water partition coefficient (Wildman–Crippen LogP) is 0.653. The van der Waals surface area contributed by atoms with Gasteiger partial charge >= 0.3 is 0 Å². The Balaban J connectivity index is 0.00000208. The first-order chi connectivity index (χ1) is 11.2. The van der Waals surface area contributed by atoms with Gasteiger partial charge in [-0.15, -0.1) is 0 Å². The van der Waals surface area contributed by atoms with Crippen molar-refractivity contribution in [1.82, 2.24) is 0 Å². The second-order valence-electron chi connectivity index (χ2n) is 5.72. The number of rotatable bonds is 5. The van der Waals surface area contributed by atoms with Crippen molar-refractivity contribution in [2.45, 2.75) is 20.0 Å². The number of aromatic hydroxyl groups is 1. The van der Waals surface area contributed by atoms with Crippen molar-refractivity contribution in [3.8, 4) is 5.75 Å². The fraction of sp³-hybridized carbons (Fsp3) is 0.150. The fourth-order valence-electron chi connectivity index (χ4n) is 2.50. The number of aryl methyl sites for hydroxylation is 1. The molecule has 1 heterocycles. The van der Waals surface area contributed by atoms with Crippen molar-refractivity contribution in [3.63, 3.8) is 0 Å². The summed E-state index contributed by atoms with van der Waals surface area (Å²) in [6.45, 7) is 3.47. The lowest BCUT2D eigenvalue weighted by Gasteiger charge is -2.07. The number of anilines is 1. The third kappa shape index (κ3) is 4.74. The maximum Gasteiger partial charge on any atom is 0.174 e. The number of nitrogens with zero attached hydrogens (tertiary/aromatic N) is 1. The molecule has 2 N–H and O–H groups in total. The zero-order valence-electron chi connectivity index (χ0n) is 13.6. The van der Waals surface area contributed by atoms with Gasteiger partial charge in [0.2, 0.25) is 0 Å². The van der Waals surface area contributed by atoms with Crippen LogP contribution in [0.15, 0.2) is 73.1 Å². The minimum atomic E-state index is 0. The first kappa shape index (κ1) is 17.8. The maximum atomic E-state index is 9.76.